The molecule has 0 bridgehead atoms. The van der Waals surface area contributed by atoms with Crippen LogP contribution in [0.5, 0.6) is 0 Å². The van der Waals surface area contributed by atoms with Gasteiger partial charge in [0.25, 0.3) is 0 Å². The Bertz CT molecular complexity index is 996. The summed E-state index contributed by atoms with van der Waals surface area (Å²) < 4.78 is 64.1. The molecule has 4 aliphatic rings. The molecular formula is C30H36F4N2. The van der Waals surface area contributed by atoms with Crippen molar-refractivity contribution >= 4 is 11.4 Å². The SMILES string of the molecule is Nc1c(C2CCC2)cc(C(F)(F)C(F)(F)c2cc(C3CCC3)c(N)c(C3CCC3)c2)cc1C1CCC1. The molecule has 2 aromatic rings. The van der Waals surface area contributed by atoms with Gasteiger partial charge in [-0.25, -0.2) is 0 Å². The highest BCUT2D eigenvalue weighted by molar-refractivity contribution is 5.62. The first-order valence-corrected chi connectivity index (χ1v) is 13.8. The third-order valence-electron chi connectivity index (χ3n) is 9.79. The Kier molecular flexibility index (Phi) is 5.80. The van der Waals surface area contributed by atoms with E-state index < -0.39 is 23.0 Å². The van der Waals surface area contributed by atoms with Gasteiger partial charge in [0.2, 0.25) is 0 Å². The minimum atomic E-state index is -4.36. The lowest BCUT2D eigenvalue weighted by molar-refractivity contribution is -0.224. The minimum absolute atomic E-state index is 0.0835. The summed E-state index contributed by atoms with van der Waals surface area (Å²) in [6.07, 6.45) is 11.0. The fraction of sp³-hybridized carbons (Fsp3) is 0.600. The second kappa shape index (κ2) is 8.66. The van der Waals surface area contributed by atoms with Gasteiger partial charge in [0.05, 0.1) is 0 Å². The van der Waals surface area contributed by atoms with Gasteiger partial charge in [-0.1, -0.05) is 25.7 Å². The van der Waals surface area contributed by atoms with Crippen LogP contribution < -0.4 is 11.5 Å². The molecular weight excluding hydrogens is 464 g/mol. The third-order valence-corrected chi connectivity index (χ3v) is 9.79. The number of hydrogen-bond donors (Lipinski definition) is 2. The first-order chi connectivity index (χ1) is 17.2. The quantitative estimate of drug-likeness (QED) is 0.295. The van der Waals surface area contributed by atoms with Crippen molar-refractivity contribution in [2.24, 2.45) is 0 Å². The van der Waals surface area contributed by atoms with E-state index in [0.717, 1.165) is 77.0 Å². The molecule has 0 unspecified atom stereocenters. The van der Waals surface area contributed by atoms with Crippen LogP contribution in [0, 0.1) is 0 Å². The van der Waals surface area contributed by atoms with Gasteiger partial charge in [-0.2, -0.15) is 17.6 Å². The van der Waals surface area contributed by atoms with E-state index in [-0.39, 0.29) is 23.7 Å². The number of hydrogen-bond acceptors (Lipinski definition) is 2. The molecule has 0 aromatic heterocycles. The van der Waals surface area contributed by atoms with Gasteiger partial charge in [-0.05, 0) is 122 Å². The largest absolute Gasteiger partial charge is 0.398 e. The van der Waals surface area contributed by atoms with Crippen molar-refractivity contribution in [1.82, 2.24) is 0 Å². The van der Waals surface area contributed by atoms with E-state index in [2.05, 4.69) is 0 Å². The summed E-state index contributed by atoms with van der Waals surface area (Å²) in [5.41, 5.74) is 15.3. The van der Waals surface area contributed by atoms with Crippen LogP contribution in [0.1, 0.15) is 134 Å². The van der Waals surface area contributed by atoms with Gasteiger partial charge in [0.15, 0.2) is 0 Å². The van der Waals surface area contributed by atoms with Gasteiger partial charge in [0, 0.05) is 22.5 Å². The lowest BCUT2D eigenvalue weighted by atomic mass is 9.72. The third kappa shape index (κ3) is 3.65. The van der Waals surface area contributed by atoms with Gasteiger partial charge in [-0.15, -0.1) is 0 Å². The normalized spacial score (nSPS) is 22.0. The average molecular weight is 501 g/mol. The van der Waals surface area contributed by atoms with Crippen LogP contribution in [0.15, 0.2) is 24.3 Å². The summed E-state index contributed by atoms with van der Waals surface area (Å²) >= 11 is 0. The van der Waals surface area contributed by atoms with E-state index in [4.69, 9.17) is 11.5 Å². The molecule has 0 spiro atoms. The van der Waals surface area contributed by atoms with Crippen LogP contribution in [-0.4, -0.2) is 0 Å². The Labute approximate surface area is 210 Å². The van der Waals surface area contributed by atoms with E-state index in [1.54, 1.807) is 0 Å². The Morgan fingerprint density at radius 2 is 0.694 bits per heavy atom. The van der Waals surface area contributed by atoms with Crippen molar-refractivity contribution in [3.05, 3.63) is 57.6 Å². The van der Waals surface area contributed by atoms with E-state index in [1.807, 2.05) is 0 Å². The van der Waals surface area contributed by atoms with Crippen molar-refractivity contribution in [3.63, 3.8) is 0 Å². The lowest BCUT2D eigenvalue weighted by Crippen LogP contribution is -2.37. The number of rotatable bonds is 7. The van der Waals surface area contributed by atoms with Crippen molar-refractivity contribution in [3.8, 4) is 0 Å². The summed E-state index contributed by atoms with van der Waals surface area (Å²) in [7, 11) is 0. The van der Waals surface area contributed by atoms with Crippen LogP contribution in [0.4, 0.5) is 28.9 Å². The molecule has 0 saturated heterocycles. The Hall–Kier alpha value is -2.24. The van der Waals surface area contributed by atoms with Crippen molar-refractivity contribution in [2.45, 2.75) is 113 Å². The molecule has 0 radical (unpaired) electrons. The van der Waals surface area contributed by atoms with Gasteiger partial charge >= 0.3 is 11.8 Å². The predicted octanol–water partition coefficient (Wildman–Crippen LogP) is 8.80. The van der Waals surface area contributed by atoms with Gasteiger partial charge in [-0.3, -0.25) is 0 Å². The molecule has 4 fully saturated rings. The first kappa shape index (κ1) is 24.1. The van der Waals surface area contributed by atoms with E-state index in [1.165, 1.54) is 24.3 Å². The minimum Gasteiger partial charge on any atom is -0.398 e. The smallest absolute Gasteiger partial charge is 0.339 e. The fourth-order valence-corrected chi connectivity index (χ4v) is 6.35. The van der Waals surface area contributed by atoms with Gasteiger partial charge < -0.3 is 11.5 Å². The second-order valence-corrected chi connectivity index (χ2v) is 11.8. The molecule has 194 valence electrons. The monoisotopic (exact) mass is 500 g/mol. The zero-order valence-corrected chi connectivity index (χ0v) is 20.8. The maximum absolute atomic E-state index is 16.0. The highest BCUT2D eigenvalue weighted by Crippen LogP contribution is 2.55. The van der Waals surface area contributed by atoms with Crippen molar-refractivity contribution < 1.29 is 17.6 Å². The highest BCUT2D eigenvalue weighted by Gasteiger charge is 2.59. The zero-order chi connectivity index (χ0) is 25.2. The molecule has 0 aliphatic heterocycles. The number of anilines is 2. The molecule has 4 aliphatic carbocycles. The molecule has 2 nitrogen and oxygen atoms in total. The Balaban J connectivity index is 1.45. The van der Waals surface area contributed by atoms with Crippen LogP contribution in [0.3, 0.4) is 0 Å². The predicted molar refractivity (Wildman–Crippen MR) is 136 cm³/mol. The lowest BCUT2D eigenvalue weighted by Gasteiger charge is -2.36. The standard InChI is InChI=1S/C30H36F4N2/c31-29(32,21-13-23(17-5-1-6-17)27(35)24(14-21)18-7-2-8-18)30(33,34)22-15-25(19-9-3-10-19)28(36)26(16-22)20-11-4-12-20/h13-20H,1-12,35-36H2. The summed E-state index contributed by atoms with van der Waals surface area (Å²) in [6, 6.07) is 5.14. The summed E-state index contributed by atoms with van der Waals surface area (Å²) in [4.78, 5) is 0. The fourth-order valence-electron chi connectivity index (χ4n) is 6.35. The molecule has 4 saturated carbocycles. The second-order valence-electron chi connectivity index (χ2n) is 11.8. The van der Waals surface area contributed by atoms with Crippen LogP contribution >= 0.6 is 0 Å². The average Bonchev–Trinajstić information content (AvgIpc) is 2.67. The Morgan fingerprint density at radius 3 is 0.861 bits per heavy atom. The molecule has 6 rings (SSSR count). The first-order valence-electron chi connectivity index (χ1n) is 13.8. The molecule has 6 heteroatoms. The van der Waals surface area contributed by atoms with Crippen LogP contribution in [0.25, 0.3) is 0 Å². The Morgan fingerprint density at radius 1 is 0.472 bits per heavy atom. The summed E-state index contributed by atoms with van der Waals surface area (Å²) in [5.74, 6) is -8.39. The number of nitrogens with two attached hydrogens (primary N) is 2. The van der Waals surface area contributed by atoms with Crippen LogP contribution in [0.2, 0.25) is 0 Å². The van der Waals surface area contributed by atoms with E-state index >= 15 is 17.6 Å². The molecule has 36 heavy (non-hydrogen) atoms. The maximum atomic E-state index is 16.0. The van der Waals surface area contributed by atoms with Crippen molar-refractivity contribution in [2.75, 3.05) is 11.5 Å². The topological polar surface area (TPSA) is 52.0 Å². The van der Waals surface area contributed by atoms with Crippen molar-refractivity contribution in [1.29, 1.82) is 0 Å². The molecule has 0 heterocycles. The molecule has 2 aromatic carbocycles. The number of halogens is 4. The van der Waals surface area contributed by atoms with Gasteiger partial charge in [0.1, 0.15) is 0 Å². The summed E-state index contributed by atoms with van der Waals surface area (Å²) in [5, 5.41) is 0. The summed E-state index contributed by atoms with van der Waals surface area (Å²) in [6.45, 7) is 0. The zero-order valence-electron chi connectivity index (χ0n) is 20.8. The molecule has 0 atom stereocenters. The maximum Gasteiger partial charge on any atom is 0.339 e. The highest BCUT2D eigenvalue weighted by atomic mass is 19.3. The van der Waals surface area contributed by atoms with E-state index in [9.17, 15) is 0 Å². The van der Waals surface area contributed by atoms with E-state index in [0.29, 0.717) is 33.6 Å². The number of benzene rings is 2. The van der Waals surface area contributed by atoms with Crippen LogP contribution in [-0.2, 0) is 11.8 Å². The molecule has 0 amide bonds. The number of nitrogen functional groups attached to an aromatic ring is 2. The number of alkyl halides is 4. The molecule has 4 N–H and O–H groups in total.